The number of benzene rings is 5. The molecule has 7 aromatic rings. The van der Waals surface area contributed by atoms with E-state index < -0.39 is 0 Å². The maximum absolute atomic E-state index is 6.97. The molecular weight excluding hydrogens is 1000 g/mol. The molecule has 0 atom stereocenters. The zero-order chi connectivity index (χ0) is 47.9. The molecule has 6 heteroatoms. The van der Waals surface area contributed by atoms with E-state index in [4.69, 9.17) is 9.72 Å². The summed E-state index contributed by atoms with van der Waals surface area (Å²) in [6, 6.07) is 45.2. The first kappa shape index (κ1) is 49.8. The molecule has 0 aliphatic carbocycles. The average molecular weight is 1070 g/mol. The van der Waals surface area contributed by atoms with E-state index in [0.29, 0.717) is 11.5 Å². The number of hydrogen-bond donors (Lipinski definition) is 0. The molecule has 0 amide bonds. The van der Waals surface area contributed by atoms with E-state index in [1.54, 1.807) is 0 Å². The summed E-state index contributed by atoms with van der Waals surface area (Å²) in [6.45, 7) is 41.0. The molecule has 0 saturated carbocycles. The Morgan fingerprint density at radius 2 is 1.09 bits per heavy atom. The summed E-state index contributed by atoms with van der Waals surface area (Å²) >= 11 is 0. The number of nitrogens with zero attached hydrogens (tertiary/aromatic N) is 4. The Bertz CT molecular complexity index is 2940. The summed E-state index contributed by atoms with van der Waals surface area (Å²) in [7, 11) is 0. The van der Waals surface area contributed by atoms with Gasteiger partial charge in [-0.2, -0.15) is 6.07 Å². The number of fused-ring (bicyclic) bond motifs is 3. The Morgan fingerprint density at radius 3 is 1.69 bits per heavy atom. The van der Waals surface area contributed by atoms with Gasteiger partial charge in [-0.05, 0) is 96.8 Å². The fourth-order valence-corrected chi connectivity index (χ4v) is 8.80. The number of anilines is 2. The largest absolute Gasteiger partial charge is 0.509 e. The third kappa shape index (κ3) is 10.1. The third-order valence-corrected chi connectivity index (χ3v) is 13.4. The number of rotatable bonds is 7. The Morgan fingerprint density at radius 1 is 0.507 bits per heavy atom. The van der Waals surface area contributed by atoms with Gasteiger partial charge in [0, 0.05) is 61.1 Å². The van der Waals surface area contributed by atoms with Crippen molar-refractivity contribution in [2.45, 2.75) is 150 Å². The topological polar surface area (TPSA) is 33.5 Å². The van der Waals surface area contributed by atoms with Crippen molar-refractivity contribution in [1.29, 1.82) is 0 Å². The zero-order valence-electron chi connectivity index (χ0n) is 43.1. The van der Waals surface area contributed by atoms with Gasteiger partial charge in [-0.25, -0.2) is 4.98 Å². The Hall–Kier alpha value is -5.12. The molecule has 354 valence electrons. The van der Waals surface area contributed by atoms with Crippen molar-refractivity contribution in [2.75, 3.05) is 9.80 Å². The molecule has 1 aliphatic rings. The summed E-state index contributed by atoms with van der Waals surface area (Å²) in [5.41, 5.74) is 12.0. The Balaban J connectivity index is 0.00000666. The summed E-state index contributed by atoms with van der Waals surface area (Å²) in [5.74, 6) is 2.11. The van der Waals surface area contributed by atoms with Crippen LogP contribution in [0.5, 0.6) is 11.5 Å². The number of hydrogen-bond acceptors (Lipinski definition) is 4. The molecule has 0 unspecified atom stereocenters. The van der Waals surface area contributed by atoms with Crippen LogP contribution in [0, 0.1) is 18.8 Å². The van der Waals surface area contributed by atoms with Crippen molar-refractivity contribution in [3.8, 4) is 17.3 Å². The van der Waals surface area contributed by atoms with Crippen LogP contribution in [-0.2, 0) is 53.6 Å². The first-order valence-corrected chi connectivity index (χ1v) is 23.7. The molecule has 5 nitrogen and oxygen atoms in total. The molecule has 5 aromatic carbocycles. The van der Waals surface area contributed by atoms with E-state index >= 15 is 0 Å². The van der Waals surface area contributed by atoms with E-state index in [-0.39, 0.29) is 53.6 Å². The molecule has 0 spiro atoms. The minimum Gasteiger partial charge on any atom is -0.509 e. The minimum atomic E-state index is -0.370. The van der Waals surface area contributed by atoms with Crippen LogP contribution < -0.4 is 14.5 Å². The number of allylic oxidation sites excluding steroid dienone is 1. The van der Waals surface area contributed by atoms with Gasteiger partial charge >= 0.3 is 0 Å². The van der Waals surface area contributed by atoms with Gasteiger partial charge < -0.3 is 19.1 Å². The molecule has 0 radical (unpaired) electrons. The van der Waals surface area contributed by atoms with Crippen LogP contribution in [0.15, 0.2) is 121 Å². The molecule has 1 aliphatic heterocycles. The first-order chi connectivity index (χ1) is 30.6. The van der Waals surface area contributed by atoms with E-state index in [2.05, 4.69) is 260 Å². The van der Waals surface area contributed by atoms with Gasteiger partial charge in [0.2, 0.25) is 0 Å². The predicted octanol–water partition coefficient (Wildman–Crippen LogP) is 16.3. The smallest absolute Gasteiger partial charge is 0.135 e. The quantitative estimate of drug-likeness (QED) is 0.149. The van der Waals surface area contributed by atoms with Crippen LogP contribution in [0.1, 0.15) is 151 Å². The van der Waals surface area contributed by atoms with Crippen LogP contribution in [0.25, 0.3) is 27.6 Å². The van der Waals surface area contributed by atoms with Crippen molar-refractivity contribution >= 4 is 33.2 Å². The zero-order valence-corrected chi connectivity index (χ0v) is 45.3. The molecular formula is C61H71N4OPt-3. The maximum atomic E-state index is 6.97. The molecule has 0 N–H and O–H groups in total. The van der Waals surface area contributed by atoms with Crippen molar-refractivity contribution in [1.82, 2.24) is 9.55 Å². The second-order valence-electron chi connectivity index (χ2n) is 24.2. The van der Waals surface area contributed by atoms with Gasteiger partial charge in [0.25, 0.3) is 0 Å². The average Bonchev–Trinajstić information content (AvgIpc) is 3.83. The number of ether oxygens (including phenoxy) is 1. The number of aromatic nitrogens is 2. The fourth-order valence-electron chi connectivity index (χ4n) is 8.80. The van der Waals surface area contributed by atoms with Crippen LogP contribution in [0.3, 0.4) is 0 Å². The Labute approximate surface area is 416 Å². The van der Waals surface area contributed by atoms with E-state index in [1.165, 1.54) is 33.2 Å². The third-order valence-electron chi connectivity index (χ3n) is 13.4. The molecule has 3 heterocycles. The Kier molecular flexibility index (Phi) is 13.0. The van der Waals surface area contributed by atoms with Crippen molar-refractivity contribution in [2.24, 2.45) is 0 Å². The van der Waals surface area contributed by atoms with Gasteiger partial charge in [0.1, 0.15) is 5.82 Å². The van der Waals surface area contributed by atoms with Crippen molar-refractivity contribution in [3.63, 3.8) is 0 Å². The number of pyridine rings is 1. The predicted molar refractivity (Wildman–Crippen MR) is 280 cm³/mol. The van der Waals surface area contributed by atoms with Gasteiger partial charge in [0.05, 0.1) is 0 Å². The second-order valence-corrected chi connectivity index (χ2v) is 24.2. The van der Waals surface area contributed by atoms with E-state index in [0.717, 1.165) is 44.9 Å². The molecule has 0 bridgehead atoms. The van der Waals surface area contributed by atoms with E-state index in [9.17, 15) is 0 Å². The SMILES string of the molecule is CC(C)(C)c1cc(Oc2[c-]c3c(cc2)c2cc(C(C)(C)C)ccc2n3-c2cc(C(C)(C)C)ccn2)[c-]c(N2[CH-]N(c3cc(C(C)(C)C)cc(C(C)(C)C)c3)C=C2C(C)(C)c2ccccc2)c1.[Pt]. The van der Waals surface area contributed by atoms with Crippen LogP contribution >= 0.6 is 0 Å². The van der Waals surface area contributed by atoms with Gasteiger partial charge in [-0.15, -0.1) is 53.6 Å². The summed E-state index contributed by atoms with van der Waals surface area (Å²) in [4.78, 5) is 9.59. The van der Waals surface area contributed by atoms with Gasteiger partial charge in [-0.3, -0.25) is 0 Å². The molecule has 67 heavy (non-hydrogen) atoms. The second kappa shape index (κ2) is 17.4. The van der Waals surface area contributed by atoms with Crippen molar-refractivity contribution < 1.29 is 25.8 Å². The van der Waals surface area contributed by atoms with Crippen LogP contribution in [0.4, 0.5) is 11.4 Å². The van der Waals surface area contributed by atoms with Gasteiger partial charge in [0.15, 0.2) is 0 Å². The molecule has 8 rings (SSSR count). The minimum absolute atomic E-state index is 0. The summed E-state index contributed by atoms with van der Waals surface area (Å²) in [6.07, 6.45) is 4.24. The molecule has 0 saturated heterocycles. The summed E-state index contributed by atoms with van der Waals surface area (Å²) < 4.78 is 9.22. The van der Waals surface area contributed by atoms with Crippen LogP contribution in [0.2, 0.25) is 0 Å². The van der Waals surface area contributed by atoms with Gasteiger partial charge in [-0.1, -0.05) is 172 Å². The molecule has 2 aromatic heterocycles. The normalized spacial score (nSPS) is 14.2. The molecule has 0 fully saturated rings. The standard InChI is InChI=1S/C61H71N4O.Pt/c1-56(2,3)41-23-26-52-51(34-41)50-25-24-48(37-53(50)65(52)55-35-42(27-28-62-55)57(4,5)6)66-49-33-45(60(13,14)15)32-47(36-49)64-39-63(38-54(64)61(16,17)40-21-19-18-20-22-40)46-30-43(58(7,8)9)29-44(31-46)59(10,11)12;/h18-35,38-39H,1-17H3;/q-3;. The summed E-state index contributed by atoms with van der Waals surface area (Å²) in [5, 5.41) is 2.28. The van der Waals surface area contributed by atoms with E-state index in [1.807, 2.05) is 6.20 Å². The first-order valence-electron chi connectivity index (χ1n) is 23.7. The monoisotopic (exact) mass is 1070 g/mol. The fraction of sp³-hybridized carbons (Fsp3) is 0.377. The van der Waals surface area contributed by atoms with Crippen molar-refractivity contribution in [3.05, 3.63) is 173 Å². The van der Waals surface area contributed by atoms with Crippen LogP contribution in [-0.4, -0.2) is 9.55 Å². The maximum Gasteiger partial charge on any atom is 0.135 e.